The number of carbonyl (C=O) groups excluding carboxylic acids is 2. The quantitative estimate of drug-likeness (QED) is 0.786. The first-order chi connectivity index (χ1) is 9.82. The molecule has 1 aromatic rings. The number of benzene rings is 1. The molecule has 1 N–H and O–H groups in total. The molecule has 0 radical (unpaired) electrons. The summed E-state index contributed by atoms with van der Waals surface area (Å²) in [5.41, 5.74) is -0.0697. The Morgan fingerprint density at radius 2 is 2.10 bits per heavy atom. The van der Waals surface area contributed by atoms with Crippen molar-refractivity contribution < 1.29 is 19.1 Å². The number of hydrogen-bond acceptors (Lipinski definition) is 4. The number of amides is 1. The van der Waals surface area contributed by atoms with Gasteiger partial charge in [0.05, 0.1) is 12.7 Å². The summed E-state index contributed by atoms with van der Waals surface area (Å²) >= 11 is 5.87. The third-order valence-electron chi connectivity index (χ3n) is 3.10. The fourth-order valence-corrected chi connectivity index (χ4v) is 1.84. The van der Waals surface area contributed by atoms with Crippen LogP contribution >= 0.6 is 11.6 Å². The van der Waals surface area contributed by atoms with Crippen LogP contribution in [0.5, 0.6) is 11.5 Å². The van der Waals surface area contributed by atoms with E-state index in [9.17, 15) is 9.59 Å². The van der Waals surface area contributed by atoms with Crippen molar-refractivity contribution >= 4 is 23.8 Å². The Morgan fingerprint density at radius 3 is 2.62 bits per heavy atom. The molecule has 0 saturated heterocycles. The predicted octanol–water partition coefficient (Wildman–Crippen LogP) is 2.84. The van der Waals surface area contributed by atoms with Gasteiger partial charge in [-0.3, -0.25) is 9.59 Å². The lowest BCUT2D eigenvalue weighted by molar-refractivity contribution is -0.124. The molecule has 0 aliphatic heterocycles. The Hall–Kier alpha value is -1.75. The van der Waals surface area contributed by atoms with E-state index in [1.165, 1.54) is 19.2 Å². The van der Waals surface area contributed by atoms with Gasteiger partial charge in [-0.15, -0.1) is 0 Å². The second kappa shape index (κ2) is 7.31. The second-order valence-electron chi connectivity index (χ2n) is 5.22. The Morgan fingerprint density at radius 1 is 1.43 bits per heavy atom. The molecule has 0 aliphatic carbocycles. The van der Waals surface area contributed by atoms with Gasteiger partial charge in [0, 0.05) is 16.6 Å². The van der Waals surface area contributed by atoms with Gasteiger partial charge >= 0.3 is 0 Å². The number of ether oxygens (including phenoxy) is 2. The largest absolute Gasteiger partial charge is 0.493 e. The van der Waals surface area contributed by atoms with E-state index in [1.807, 2.05) is 20.8 Å². The van der Waals surface area contributed by atoms with Crippen LogP contribution in [0, 0.1) is 0 Å². The molecule has 0 spiro atoms. The highest BCUT2D eigenvalue weighted by molar-refractivity contribution is 6.31. The van der Waals surface area contributed by atoms with Gasteiger partial charge in [-0.05, 0) is 26.3 Å². The zero-order valence-electron chi connectivity index (χ0n) is 12.7. The van der Waals surface area contributed by atoms with Crippen LogP contribution in [0.25, 0.3) is 0 Å². The number of nitrogens with one attached hydrogen (secondary N) is 1. The van der Waals surface area contributed by atoms with E-state index in [1.54, 1.807) is 0 Å². The highest BCUT2D eigenvalue weighted by atomic mass is 35.5. The van der Waals surface area contributed by atoms with Gasteiger partial charge in [-0.25, -0.2) is 0 Å². The first kappa shape index (κ1) is 17.3. The minimum absolute atomic E-state index is 0.206. The van der Waals surface area contributed by atoms with Crippen LogP contribution in [-0.2, 0) is 4.79 Å². The SMILES string of the molecule is CCC(C)(C)NC(=O)COc1c(C=O)cc(Cl)cc1OC. The van der Waals surface area contributed by atoms with Crippen LogP contribution in [-0.4, -0.2) is 31.4 Å². The minimum atomic E-state index is -0.308. The van der Waals surface area contributed by atoms with Crippen LogP contribution in [0.2, 0.25) is 5.02 Å². The molecule has 0 atom stereocenters. The molecule has 6 heteroatoms. The standard InChI is InChI=1S/C15H20ClNO4/c1-5-15(2,3)17-13(19)9-21-14-10(8-18)6-11(16)7-12(14)20-4/h6-8H,5,9H2,1-4H3,(H,17,19). The maximum atomic E-state index is 11.9. The van der Waals surface area contributed by atoms with Gasteiger partial charge in [0.15, 0.2) is 24.4 Å². The van der Waals surface area contributed by atoms with Crippen molar-refractivity contribution in [2.24, 2.45) is 0 Å². The maximum absolute atomic E-state index is 11.9. The zero-order chi connectivity index (χ0) is 16.0. The summed E-state index contributed by atoms with van der Waals surface area (Å²) in [6.07, 6.45) is 1.40. The molecule has 0 aliphatic rings. The van der Waals surface area contributed by atoms with Gasteiger partial charge in [0.1, 0.15) is 0 Å². The van der Waals surface area contributed by atoms with Crippen LogP contribution in [0.3, 0.4) is 0 Å². The van der Waals surface area contributed by atoms with Gasteiger partial charge in [-0.1, -0.05) is 18.5 Å². The van der Waals surface area contributed by atoms with Crippen LogP contribution in [0.15, 0.2) is 12.1 Å². The number of methoxy groups -OCH3 is 1. The summed E-state index contributed by atoms with van der Waals surface area (Å²) in [6.45, 7) is 5.62. The summed E-state index contributed by atoms with van der Waals surface area (Å²) in [4.78, 5) is 22.9. The Labute approximate surface area is 129 Å². The van der Waals surface area contributed by atoms with Gasteiger partial charge < -0.3 is 14.8 Å². The Bertz CT molecular complexity index is 529. The first-order valence-electron chi connectivity index (χ1n) is 6.59. The summed E-state index contributed by atoms with van der Waals surface area (Å²) in [5.74, 6) is 0.254. The molecule has 116 valence electrons. The van der Waals surface area contributed by atoms with Crippen molar-refractivity contribution in [3.05, 3.63) is 22.7 Å². The second-order valence-corrected chi connectivity index (χ2v) is 5.65. The monoisotopic (exact) mass is 313 g/mol. The van der Waals surface area contributed by atoms with Crippen LogP contribution < -0.4 is 14.8 Å². The number of halogens is 1. The lowest BCUT2D eigenvalue weighted by Gasteiger charge is -2.24. The van der Waals surface area contributed by atoms with E-state index in [0.717, 1.165) is 6.42 Å². The number of carbonyl (C=O) groups is 2. The molecule has 1 amide bonds. The first-order valence-corrected chi connectivity index (χ1v) is 6.97. The molecule has 0 saturated carbocycles. The Balaban J connectivity index is 2.84. The van der Waals surface area contributed by atoms with Crippen LogP contribution in [0.4, 0.5) is 0 Å². The van der Waals surface area contributed by atoms with E-state index < -0.39 is 0 Å². The molecular weight excluding hydrogens is 294 g/mol. The fourth-order valence-electron chi connectivity index (χ4n) is 1.62. The minimum Gasteiger partial charge on any atom is -0.493 e. The van der Waals surface area contributed by atoms with Gasteiger partial charge in [0.2, 0.25) is 0 Å². The predicted molar refractivity (Wildman–Crippen MR) is 81.4 cm³/mol. The van der Waals surface area contributed by atoms with Crippen molar-refractivity contribution in [2.75, 3.05) is 13.7 Å². The number of aldehydes is 1. The molecule has 5 nitrogen and oxygen atoms in total. The van der Waals surface area contributed by atoms with Crippen LogP contribution in [0.1, 0.15) is 37.6 Å². The molecule has 0 aromatic heterocycles. The van der Waals surface area contributed by atoms with E-state index >= 15 is 0 Å². The normalized spacial score (nSPS) is 10.9. The van der Waals surface area contributed by atoms with E-state index in [0.29, 0.717) is 17.1 Å². The van der Waals surface area contributed by atoms with E-state index in [-0.39, 0.29) is 29.4 Å². The summed E-state index contributed by atoms with van der Waals surface area (Å²) in [6, 6.07) is 2.98. The van der Waals surface area contributed by atoms with Gasteiger partial charge in [-0.2, -0.15) is 0 Å². The highest BCUT2D eigenvalue weighted by Crippen LogP contribution is 2.33. The summed E-state index contributed by atoms with van der Waals surface area (Å²) in [7, 11) is 1.44. The summed E-state index contributed by atoms with van der Waals surface area (Å²) in [5, 5.41) is 3.20. The van der Waals surface area contributed by atoms with Crippen molar-refractivity contribution in [2.45, 2.75) is 32.7 Å². The average molecular weight is 314 g/mol. The molecule has 0 heterocycles. The smallest absolute Gasteiger partial charge is 0.258 e. The summed E-state index contributed by atoms with van der Waals surface area (Å²) < 4.78 is 10.6. The van der Waals surface area contributed by atoms with Crippen molar-refractivity contribution in [3.8, 4) is 11.5 Å². The zero-order valence-corrected chi connectivity index (χ0v) is 13.4. The molecule has 0 fully saturated rings. The molecule has 1 rings (SSSR count). The molecular formula is C15H20ClNO4. The van der Waals surface area contributed by atoms with Gasteiger partial charge in [0.25, 0.3) is 5.91 Å². The molecule has 0 unspecified atom stereocenters. The lowest BCUT2D eigenvalue weighted by atomic mass is 10.0. The Kier molecular flexibility index (Phi) is 6.03. The molecule has 0 bridgehead atoms. The van der Waals surface area contributed by atoms with E-state index in [2.05, 4.69) is 5.32 Å². The van der Waals surface area contributed by atoms with Crippen molar-refractivity contribution in [1.82, 2.24) is 5.32 Å². The molecule has 21 heavy (non-hydrogen) atoms. The number of hydrogen-bond donors (Lipinski definition) is 1. The number of rotatable bonds is 7. The third-order valence-corrected chi connectivity index (χ3v) is 3.32. The highest BCUT2D eigenvalue weighted by Gasteiger charge is 2.19. The van der Waals surface area contributed by atoms with Crippen molar-refractivity contribution in [1.29, 1.82) is 0 Å². The maximum Gasteiger partial charge on any atom is 0.258 e. The van der Waals surface area contributed by atoms with E-state index in [4.69, 9.17) is 21.1 Å². The average Bonchev–Trinajstić information content (AvgIpc) is 2.44. The molecule has 1 aromatic carbocycles. The lowest BCUT2D eigenvalue weighted by Crippen LogP contribution is -2.44. The fraction of sp³-hybridized carbons (Fsp3) is 0.467. The topological polar surface area (TPSA) is 64.6 Å². The van der Waals surface area contributed by atoms with Crippen molar-refractivity contribution in [3.63, 3.8) is 0 Å². The third kappa shape index (κ3) is 4.93.